The number of likely N-dealkylation sites (tertiary alicyclic amines) is 1. The molecule has 0 bridgehead atoms. The Hall–Kier alpha value is -1.62. The third-order valence-electron chi connectivity index (χ3n) is 3.57. The van der Waals surface area contributed by atoms with Gasteiger partial charge >= 0.3 is 0 Å². The number of anilines is 1. The molecule has 19 heavy (non-hydrogen) atoms. The van der Waals surface area contributed by atoms with E-state index in [1.165, 1.54) is 12.8 Å². The van der Waals surface area contributed by atoms with E-state index in [0.717, 1.165) is 25.2 Å². The van der Waals surface area contributed by atoms with Crippen LogP contribution >= 0.6 is 0 Å². The lowest BCUT2D eigenvalue weighted by atomic mass is 10.1. The van der Waals surface area contributed by atoms with Crippen LogP contribution in [0.2, 0.25) is 0 Å². The molecule has 1 aromatic rings. The van der Waals surface area contributed by atoms with Crippen molar-refractivity contribution < 1.29 is 4.92 Å². The molecule has 0 radical (unpaired) electrons. The van der Waals surface area contributed by atoms with Crippen molar-refractivity contribution in [2.75, 3.05) is 25.0 Å². The van der Waals surface area contributed by atoms with Gasteiger partial charge in [-0.1, -0.05) is 12.1 Å². The first-order valence-electron chi connectivity index (χ1n) is 6.81. The maximum Gasteiger partial charge on any atom is 0.292 e. The van der Waals surface area contributed by atoms with E-state index < -0.39 is 0 Å². The Balaban J connectivity index is 2.06. The Bertz CT molecular complexity index is 456. The Morgan fingerprint density at radius 3 is 2.74 bits per heavy atom. The van der Waals surface area contributed by atoms with Crippen LogP contribution in [0, 0.1) is 17.0 Å². The zero-order chi connectivity index (χ0) is 13.8. The molecular weight excluding hydrogens is 242 g/mol. The molecule has 1 saturated heterocycles. The molecule has 0 aliphatic carbocycles. The average Bonchev–Trinajstić information content (AvgIpc) is 2.84. The minimum Gasteiger partial charge on any atom is -0.376 e. The fraction of sp³-hybridized carbons (Fsp3) is 0.571. The molecule has 5 heteroatoms. The second kappa shape index (κ2) is 6.02. The highest BCUT2D eigenvalue weighted by Gasteiger charge is 2.19. The first kappa shape index (κ1) is 13.8. The lowest BCUT2D eigenvalue weighted by Gasteiger charge is -2.22. The van der Waals surface area contributed by atoms with Crippen molar-refractivity contribution >= 4 is 11.4 Å². The summed E-state index contributed by atoms with van der Waals surface area (Å²) in [6.07, 6.45) is 2.52. The molecule has 1 aliphatic heterocycles. The minimum atomic E-state index is -0.322. The smallest absolute Gasteiger partial charge is 0.292 e. The number of hydrogen-bond donors (Lipinski definition) is 1. The number of para-hydroxylation sites is 1. The molecule has 1 atom stereocenters. The van der Waals surface area contributed by atoms with Crippen LogP contribution in [0.15, 0.2) is 18.2 Å². The molecule has 1 aromatic carbocycles. The van der Waals surface area contributed by atoms with Crippen molar-refractivity contribution in [3.05, 3.63) is 33.9 Å². The van der Waals surface area contributed by atoms with Crippen molar-refractivity contribution in [1.29, 1.82) is 0 Å². The van der Waals surface area contributed by atoms with E-state index in [4.69, 9.17) is 0 Å². The molecule has 0 aromatic heterocycles. The highest BCUT2D eigenvalue weighted by Crippen LogP contribution is 2.28. The number of hydrogen-bond acceptors (Lipinski definition) is 4. The van der Waals surface area contributed by atoms with Crippen LogP contribution in [-0.4, -0.2) is 35.5 Å². The number of nitrogens with one attached hydrogen (secondary N) is 1. The Kier molecular flexibility index (Phi) is 4.37. The topological polar surface area (TPSA) is 58.4 Å². The predicted octanol–water partition coefficient (Wildman–Crippen LogP) is 2.80. The summed E-state index contributed by atoms with van der Waals surface area (Å²) < 4.78 is 0. The van der Waals surface area contributed by atoms with Crippen molar-refractivity contribution in [2.45, 2.75) is 32.7 Å². The highest BCUT2D eigenvalue weighted by atomic mass is 16.6. The fourth-order valence-corrected chi connectivity index (χ4v) is 2.64. The van der Waals surface area contributed by atoms with Gasteiger partial charge in [-0.05, 0) is 45.3 Å². The predicted molar refractivity (Wildman–Crippen MR) is 76.6 cm³/mol. The van der Waals surface area contributed by atoms with Crippen LogP contribution in [0.4, 0.5) is 11.4 Å². The maximum atomic E-state index is 11.1. The normalized spacial score (nSPS) is 17.4. The molecular formula is C14H21N3O2. The van der Waals surface area contributed by atoms with Crippen LogP contribution in [0.25, 0.3) is 0 Å². The van der Waals surface area contributed by atoms with Gasteiger partial charge in [-0.15, -0.1) is 0 Å². The van der Waals surface area contributed by atoms with E-state index in [2.05, 4.69) is 17.1 Å². The van der Waals surface area contributed by atoms with Crippen LogP contribution in [0.5, 0.6) is 0 Å². The first-order chi connectivity index (χ1) is 9.08. The number of rotatable bonds is 5. The van der Waals surface area contributed by atoms with Gasteiger partial charge in [0.1, 0.15) is 5.69 Å². The second-order valence-electron chi connectivity index (χ2n) is 5.28. The molecule has 1 aliphatic rings. The Morgan fingerprint density at radius 2 is 2.11 bits per heavy atom. The van der Waals surface area contributed by atoms with E-state index in [0.29, 0.717) is 5.69 Å². The maximum absolute atomic E-state index is 11.1. The third-order valence-corrected chi connectivity index (χ3v) is 3.57. The van der Waals surface area contributed by atoms with Crippen LogP contribution in [0.3, 0.4) is 0 Å². The molecule has 1 N–H and O–H groups in total. The Morgan fingerprint density at radius 1 is 1.42 bits per heavy atom. The van der Waals surface area contributed by atoms with E-state index in [1.807, 2.05) is 13.0 Å². The number of nitro groups is 1. The van der Waals surface area contributed by atoms with E-state index in [9.17, 15) is 10.1 Å². The average molecular weight is 263 g/mol. The van der Waals surface area contributed by atoms with Gasteiger partial charge in [0.2, 0.25) is 0 Å². The molecule has 0 saturated carbocycles. The number of aryl methyl sites for hydroxylation is 1. The molecule has 1 heterocycles. The Labute approximate surface area is 113 Å². The second-order valence-corrected chi connectivity index (χ2v) is 5.28. The van der Waals surface area contributed by atoms with Crippen LogP contribution in [-0.2, 0) is 0 Å². The first-order valence-corrected chi connectivity index (χ1v) is 6.81. The van der Waals surface area contributed by atoms with Gasteiger partial charge in [-0.2, -0.15) is 0 Å². The third kappa shape index (κ3) is 3.44. The van der Waals surface area contributed by atoms with Gasteiger partial charge in [-0.25, -0.2) is 0 Å². The van der Waals surface area contributed by atoms with Gasteiger partial charge in [0.25, 0.3) is 5.69 Å². The summed E-state index contributed by atoms with van der Waals surface area (Å²) in [5.74, 6) is 0. The van der Waals surface area contributed by atoms with Crippen LogP contribution < -0.4 is 5.32 Å². The standard InChI is InChI=1S/C14H21N3O2/c1-11-6-5-7-13(17(18)19)14(11)15-12(2)10-16-8-3-4-9-16/h5-7,12,15H,3-4,8-10H2,1-2H3. The molecule has 0 spiro atoms. The SMILES string of the molecule is Cc1cccc([N+](=O)[O-])c1NC(C)CN1CCCC1. The van der Waals surface area contributed by atoms with Crippen molar-refractivity contribution in [3.8, 4) is 0 Å². The van der Waals surface area contributed by atoms with E-state index >= 15 is 0 Å². The zero-order valence-electron chi connectivity index (χ0n) is 11.6. The molecule has 0 amide bonds. The fourth-order valence-electron chi connectivity index (χ4n) is 2.64. The lowest BCUT2D eigenvalue weighted by Crippen LogP contribution is -2.33. The van der Waals surface area contributed by atoms with E-state index in [1.54, 1.807) is 12.1 Å². The summed E-state index contributed by atoms with van der Waals surface area (Å²) in [4.78, 5) is 13.1. The largest absolute Gasteiger partial charge is 0.376 e. The van der Waals surface area contributed by atoms with Gasteiger partial charge in [0.15, 0.2) is 0 Å². The summed E-state index contributed by atoms with van der Waals surface area (Å²) >= 11 is 0. The number of nitro benzene ring substituents is 1. The zero-order valence-corrected chi connectivity index (χ0v) is 11.6. The number of benzene rings is 1. The van der Waals surface area contributed by atoms with Crippen molar-refractivity contribution in [2.24, 2.45) is 0 Å². The molecule has 104 valence electrons. The number of nitrogens with zero attached hydrogens (tertiary/aromatic N) is 2. The van der Waals surface area contributed by atoms with Gasteiger partial charge in [0.05, 0.1) is 4.92 Å². The summed E-state index contributed by atoms with van der Waals surface area (Å²) in [7, 11) is 0. The minimum absolute atomic E-state index is 0.160. The summed E-state index contributed by atoms with van der Waals surface area (Å²) in [5, 5.41) is 14.4. The lowest BCUT2D eigenvalue weighted by molar-refractivity contribution is -0.384. The van der Waals surface area contributed by atoms with Crippen molar-refractivity contribution in [1.82, 2.24) is 4.90 Å². The quantitative estimate of drug-likeness (QED) is 0.655. The summed E-state index contributed by atoms with van der Waals surface area (Å²) in [6, 6.07) is 5.39. The van der Waals surface area contributed by atoms with Crippen molar-refractivity contribution in [3.63, 3.8) is 0 Å². The van der Waals surface area contributed by atoms with Crippen LogP contribution in [0.1, 0.15) is 25.3 Å². The van der Waals surface area contributed by atoms with E-state index in [-0.39, 0.29) is 16.7 Å². The summed E-state index contributed by atoms with van der Waals surface area (Å²) in [6.45, 7) is 7.20. The molecule has 2 rings (SSSR count). The monoisotopic (exact) mass is 263 g/mol. The highest BCUT2D eigenvalue weighted by molar-refractivity contribution is 5.66. The van der Waals surface area contributed by atoms with Gasteiger partial charge < -0.3 is 10.2 Å². The molecule has 1 unspecified atom stereocenters. The van der Waals surface area contributed by atoms with Gasteiger partial charge in [-0.3, -0.25) is 10.1 Å². The van der Waals surface area contributed by atoms with Gasteiger partial charge in [0, 0.05) is 18.7 Å². The molecule has 1 fully saturated rings. The summed E-state index contributed by atoms with van der Waals surface area (Å²) in [5.41, 5.74) is 1.73. The molecule has 5 nitrogen and oxygen atoms in total.